The number of carbonyl (C=O) groups is 4. The molecule has 206 valence electrons. The molecule has 4 aliphatic heterocycles. The molecule has 5 heterocycles. The van der Waals surface area contributed by atoms with Gasteiger partial charge in [-0.1, -0.05) is 35.3 Å². The Morgan fingerprint density at radius 1 is 1.12 bits per heavy atom. The summed E-state index contributed by atoms with van der Waals surface area (Å²) in [6, 6.07) is 4.23. The van der Waals surface area contributed by atoms with Crippen LogP contribution in [0.3, 0.4) is 0 Å². The molecule has 0 aliphatic carbocycles. The minimum atomic E-state index is -1.23. The Morgan fingerprint density at radius 3 is 2.65 bits per heavy atom. The van der Waals surface area contributed by atoms with Crippen LogP contribution in [0.4, 0.5) is 15.6 Å². The zero-order valence-corrected chi connectivity index (χ0v) is 22.4. The second-order valence-corrected chi connectivity index (χ2v) is 11.7. The molecule has 1 aromatic carbocycles. The largest absolute Gasteiger partial charge is 0.508 e. The average Bonchev–Trinajstić information content (AvgIpc) is 3.51. The van der Waals surface area contributed by atoms with Crippen molar-refractivity contribution in [3.8, 4) is 5.75 Å². The van der Waals surface area contributed by atoms with E-state index in [2.05, 4.69) is 20.8 Å². The first-order valence-electron chi connectivity index (χ1n) is 12.4. The van der Waals surface area contributed by atoms with Gasteiger partial charge in [-0.05, 0) is 43.0 Å². The van der Waals surface area contributed by atoms with Gasteiger partial charge in [0.2, 0.25) is 11.0 Å². The predicted octanol–water partition coefficient (Wildman–Crippen LogP) is 2.10. The fourth-order valence-corrected chi connectivity index (χ4v) is 7.43. The van der Waals surface area contributed by atoms with Crippen LogP contribution in [0, 0.1) is 5.92 Å². The molecular formula is C25H23N7O6S2. The molecule has 1 unspecified atom stereocenters. The SMILES string of the molecule is O=C(CN1C=CC=CC1)Nc1nnc(SC2=C(C(=O)O)N3C(=O)[C@@H]4[C@H]3C2CCN4C(=O)Nc2ccc(O)cc2)s1. The fourth-order valence-electron chi connectivity index (χ4n) is 5.30. The van der Waals surface area contributed by atoms with Gasteiger partial charge in [0, 0.05) is 29.6 Å². The number of nitrogens with zero attached hydrogens (tertiary/aromatic N) is 5. The predicted molar refractivity (Wildman–Crippen MR) is 145 cm³/mol. The highest BCUT2D eigenvalue weighted by molar-refractivity contribution is 8.04. The van der Waals surface area contributed by atoms with Gasteiger partial charge >= 0.3 is 12.0 Å². The molecule has 4 amide bonds. The van der Waals surface area contributed by atoms with E-state index in [1.807, 2.05) is 29.3 Å². The highest BCUT2D eigenvalue weighted by Gasteiger charge is 2.64. The van der Waals surface area contributed by atoms with Crippen LogP contribution in [0.1, 0.15) is 6.42 Å². The number of rotatable bonds is 7. The normalized spacial score (nSPS) is 22.8. The minimum Gasteiger partial charge on any atom is -0.508 e. The van der Waals surface area contributed by atoms with Gasteiger partial charge in [-0.25, -0.2) is 9.59 Å². The van der Waals surface area contributed by atoms with Crippen molar-refractivity contribution in [2.45, 2.75) is 22.8 Å². The number of urea groups is 1. The Labute approximate surface area is 235 Å². The van der Waals surface area contributed by atoms with Gasteiger partial charge in [0.05, 0.1) is 12.6 Å². The van der Waals surface area contributed by atoms with E-state index < -0.39 is 30.0 Å². The van der Waals surface area contributed by atoms with Gasteiger partial charge in [-0.2, -0.15) is 0 Å². The minimum absolute atomic E-state index is 0.0596. The molecule has 0 saturated carbocycles. The smallest absolute Gasteiger partial charge is 0.353 e. The molecule has 6 rings (SSSR count). The number of allylic oxidation sites excluding steroid dienone is 2. The lowest BCUT2D eigenvalue weighted by atomic mass is 9.81. The molecule has 0 spiro atoms. The number of aromatic nitrogens is 2. The van der Waals surface area contributed by atoms with Gasteiger partial charge in [0.15, 0.2) is 4.34 Å². The number of aliphatic carboxylic acids is 1. The van der Waals surface area contributed by atoms with Gasteiger partial charge in [0.1, 0.15) is 17.5 Å². The first-order valence-corrected chi connectivity index (χ1v) is 14.0. The summed E-state index contributed by atoms with van der Waals surface area (Å²) in [5.41, 5.74) is 0.358. The second kappa shape index (κ2) is 10.3. The van der Waals surface area contributed by atoms with Crippen LogP contribution in [0.5, 0.6) is 5.75 Å². The van der Waals surface area contributed by atoms with E-state index in [1.54, 1.807) is 12.1 Å². The van der Waals surface area contributed by atoms with Crippen molar-refractivity contribution < 1.29 is 29.4 Å². The van der Waals surface area contributed by atoms with E-state index in [-0.39, 0.29) is 41.5 Å². The Balaban J connectivity index is 1.14. The average molecular weight is 582 g/mol. The van der Waals surface area contributed by atoms with Gasteiger partial charge < -0.3 is 25.3 Å². The number of thioether (sulfide) groups is 1. The third-order valence-corrected chi connectivity index (χ3v) is 9.12. The van der Waals surface area contributed by atoms with E-state index in [0.29, 0.717) is 27.9 Å². The number of hydrogen-bond donors (Lipinski definition) is 4. The Hall–Kier alpha value is -4.37. The van der Waals surface area contributed by atoms with Gasteiger partial charge in [0.25, 0.3) is 5.91 Å². The highest BCUT2D eigenvalue weighted by Crippen LogP contribution is 2.54. The maximum absolute atomic E-state index is 13.1. The molecule has 2 saturated heterocycles. The number of amides is 4. The third kappa shape index (κ3) is 4.66. The number of β-lactam (4-membered cyclic amide) rings is 1. The number of hydrogen-bond acceptors (Lipinski definition) is 10. The van der Waals surface area contributed by atoms with E-state index >= 15 is 0 Å². The molecule has 4 aliphatic rings. The summed E-state index contributed by atoms with van der Waals surface area (Å²) in [5, 5.41) is 33.4. The molecule has 13 nitrogen and oxygen atoms in total. The summed E-state index contributed by atoms with van der Waals surface area (Å²) in [4.78, 5) is 55.9. The number of benzene rings is 1. The van der Waals surface area contributed by atoms with Crippen LogP contribution in [-0.2, 0) is 14.4 Å². The second-order valence-electron chi connectivity index (χ2n) is 9.45. The molecule has 40 heavy (non-hydrogen) atoms. The lowest BCUT2D eigenvalue weighted by Crippen LogP contribution is -2.74. The first kappa shape index (κ1) is 25.9. The van der Waals surface area contributed by atoms with E-state index in [4.69, 9.17) is 0 Å². The number of aromatic hydroxyl groups is 1. The van der Waals surface area contributed by atoms with Crippen LogP contribution in [0.15, 0.2) is 63.6 Å². The summed E-state index contributed by atoms with van der Waals surface area (Å²) < 4.78 is 0.434. The van der Waals surface area contributed by atoms with E-state index in [9.17, 15) is 29.4 Å². The Kier molecular flexibility index (Phi) is 6.67. The number of piperidine rings is 1. The number of likely N-dealkylation sites (tertiary alicyclic amines) is 1. The summed E-state index contributed by atoms with van der Waals surface area (Å²) in [7, 11) is 0. The van der Waals surface area contributed by atoms with Gasteiger partial charge in [-0.3, -0.25) is 19.8 Å². The Morgan fingerprint density at radius 2 is 1.93 bits per heavy atom. The van der Waals surface area contributed by atoms with E-state index in [0.717, 1.165) is 23.1 Å². The topological polar surface area (TPSA) is 168 Å². The van der Waals surface area contributed by atoms with Crippen LogP contribution >= 0.6 is 23.1 Å². The Bertz CT molecular complexity index is 1490. The number of phenols is 1. The molecular weight excluding hydrogens is 558 g/mol. The number of anilines is 2. The molecule has 4 N–H and O–H groups in total. The lowest BCUT2D eigenvalue weighted by Gasteiger charge is -2.53. The van der Waals surface area contributed by atoms with Crippen LogP contribution in [-0.4, -0.2) is 90.6 Å². The molecule has 2 fully saturated rings. The lowest BCUT2D eigenvalue weighted by molar-refractivity contribution is -0.160. The van der Waals surface area contributed by atoms with Crippen LogP contribution in [0.25, 0.3) is 0 Å². The van der Waals surface area contributed by atoms with Crippen LogP contribution in [0.2, 0.25) is 0 Å². The van der Waals surface area contributed by atoms with Crippen molar-refractivity contribution in [2.75, 3.05) is 30.3 Å². The third-order valence-electron chi connectivity index (χ3n) is 7.01. The quantitative estimate of drug-likeness (QED) is 0.216. The number of carbonyl (C=O) groups excluding carboxylic acids is 3. The van der Waals surface area contributed by atoms with Crippen LogP contribution < -0.4 is 10.6 Å². The van der Waals surface area contributed by atoms with Crippen molar-refractivity contribution in [3.05, 3.63) is 59.3 Å². The van der Waals surface area contributed by atoms with Crippen molar-refractivity contribution in [1.29, 1.82) is 0 Å². The maximum Gasteiger partial charge on any atom is 0.353 e. The van der Waals surface area contributed by atoms with Crippen molar-refractivity contribution in [1.82, 2.24) is 24.9 Å². The molecule has 3 atom stereocenters. The maximum atomic E-state index is 13.1. The summed E-state index contributed by atoms with van der Waals surface area (Å²) in [5.74, 6) is -2.16. The zero-order chi connectivity index (χ0) is 28.0. The number of phenolic OH excluding ortho intramolecular Hbond substituents is 1. The standard InChI is InChI=1S/C25H23N7O6S2/c33-14-6-4-13(5-7-14)26-24(38)31-11-8-15-17-18(31)21(35)32(17)19(22(36)37)20(15)39-25-29-28-23(40-25)27-16(34)12-30-9-2-1-3-10-30/h1-7,9,15,17-18,33H,8,10-12H2,(H,26,38)(H,36,37)(H,27,28,34)/t15?,17-,18+/m1/s1. The van der Waals surface area contributed by atoms with Crippen molar-refractivity contribution >= 4 is 57.7 Å². The highest BCUT2D eigenvalue weighted by atomic mass is 32.2. The number of nitrogens with one attached hydrogen (secondary N) is 2. The van der Waals surface area contributed by atoms with Gasteiger partial charge in [-0.15, -0.1) is 10.2 Å². The fraction of sp³-hybridized carbons (Fsp3) is 0.280. The molecule has 1 aromatic heterocycles. The molecule has 2 aromatic rings. The van der Waals surface area contributed by atoms with Crippen molar-refractivity contribution in [2.24, 2.45) is 5.92 Å². The van der Waals surface area contributed by atoms with Crippen molar-refractivity contribution in [3.63, 3.8) is 0 Å². The monoisotopic (exact) mass is 581 g/mol. The first-order chi connectivity index (χ1) is 19.3. The summed E-state index contributed by atoms with van der Waals surface area (Å²) in [6.45, 7) is 1.03. The van der Waals surface area contributed by atoms with E-state index in [1.165, 1.54) is 21.9 Å². The molecule has 0 radical (unpaired) electrons. The number of carboxylic acid groups (broad SMARTS) is 1. The number of carboxylic acids is 1. The zero-order valence-electron chi connectivity index (χ0n) is 20.8. The summed E-state index contributed by atoms with van der Waals surface area (Å²) in [6.07, 6.45) is 7.96. The molecule has 0 bridgehead atoms. The molecule has 15 heteroatoms. The summed E-state index contributed by atoms with van der Waals surface area (Å²) >= 11 is 2.25.